The second-order valence-electron chi connectivity index (χ2n) is 4.97. The summed E-state index contributed by atoms with van der Waals surface area (Å²) in [6.07, 6.45) is 2.54. The van der Waals surface area contributed by atoms with E-state index in [4.69, 9.17) is 0 Å². The molecule has 0 amide bonds. The third-order valence-corrected chi connectivity index (χ3v) is 3.35. The molecule has 0 aromatic rings. The van der Waals surface area contributed by atoms with Crippen LogP contribution in [0, 0.1) is 0 Å². The Bertz CT molecular complexity index is 170. The van der Waals surface area contributed by atoms with Crippen LogP contribution in [0.5, 0.6) is 0 Å². The Morgan fingerprint density at radius 3 is 2.80 bits per heavy atom. The summed E-state index contributed by atoms with van der Waals surface area (Å²) in [5, 5.41) is 3.54. The largest absolute Gasteiger partial charge is 0.315 e. The molecule has 0 radical (unpaired) electrons. The third kappa shape index (κ3) is 4.09. The highest BCUT2D eigenvalue weighted by Crippen LogP contribution is 2.12. The topological polar surface area (TPSA) is 18.5 Å². The maximum Gasteiger partial charge on any atom is 0.0350 e. The SMILES string of the molecule is CCC(C)N1CCCNCC1CN(C)C. The van der Waals surface area contributed by atoms with Gasteiger partial charge in [-0.25, -0.2) is 0 Å². The molecular weight excluding hydrogens is 186 g/mol. The maximum atomic E-state index is 3.54. The van der Waals surface area contributed by atoms with Gasteiger partial charge in [-0.05, 0) is 40.4 Å². The quantitative estimate of drug-likeness (QED) is 0.752. The van der Waals surface area contributed by atoms with Crippen molar-refractivity contribution in [3.05, 3.63) is 0 Å². The van der Waals surface area contributed by atoms with Crippen molar-refractivity contribution in [1.29, 1.82) is 0 Å². The summed E-state index contributed by atoms with van der Waals surface area (Å²) < 4.78 is 0. The summed E-state index contributed by atoms with van der Waals surface area (Å²) in [5.74, 6) is 0. The Morgan fingerprint density at radius 2 is 2.20 bits per heavy atom. The van der Waals surface area contributed by atoms with Gasteiger partial charge in [-0.2, -0.15) is 0 Å². The molecule has 2 unspecified atom stereocenters. The molecule has 1 heterocycles. The highest BCUT2D eigenvalue weighted by Gasteiger charge is 2.24. The van der Waals surface area contributed by atoms with Crippen molar-refractivity contribution in [2.75, 3.05) is 40.3 Å². The summed E-state index contributed by atoms with van der Waals surface area (Å²) in [7, 11) is 4.33. The number of nitrogens with zero attached hydrogens (tertiary/aromatic N) is 2. The molecule has 15 heavy (non-hydrogen) atoms. The van der Waals surface area contributed by atoms with E-state index in [9.17, 15) is 0 Å². The number of likely N-dealkylation sites (N-methyl/N-ethyl adjacent to an activating group) is 1. The smallest absolute Gasteiger partial charge is 0.0350 e. The Kier molecular flexibility index (Phi) is 5.58. The van der Waals surface area contributed by atoms with Gasteiger partial charge in [0.25, 0.3) is 0 Å². The van der Waals surface area contributed by atoms with Gasteiger partial charge in [-0.1, -0.05) is 6.92 Å². The molecule has 2 atom stereocenters. The molecule has 0 spiro atoms. The lowest BCUT2D eigenvalue weighted by Gasteiger charge is -2.36. The minimum atomic E-state index is 0.678. The van der Waals surface area contributed by atoms with Gasteiger partial charge in [0.1, 0.15) is 0 Å². The second kappa shape index (κ2) is 6.46. The molecule has 0 aliphatic carbocycles. The fourth-order valence-corrected chi connectivity index (χ4v) is 2.36. The normalized spacial score (nSPS) is 26.6. The molecule has 1 saturated heterocycles. The van der Waals surface area contributed by atoms with Gasteiger partial charge in [0.15, 0.2) is 0 Å². The minimum Gasteiger partial charge on any atom is -0.315 e. The molecule has 1 aliphatic rings. The zero-order valence-corrected chi connectivity index (χ0v) is 10.8. The van der Waals surface area contributed by atoms with Gasteiger partial charge >= 0.3 is 0 Å². The fraction of sp³-hybridized carbons (Fsp3) is 1.00. The first-order chi connectivity index (χ1) is 7.15. The van der Waals surface area contributed by atoms with Crippen LogP contribution in [-0.2, 0) is 0 Å². The van der Waals surface area contributed by atoms with Gasteiger partial charge in [0.05, 0.1) is 0 Å². The van der Waals surface area contributed by atoms with E-state index < -0.39 is 0 Å². The van der Waals surface area contributed by atoms with Crippen molar-refractivity contribution in [3.8, 4) is 0 Å². The first-order valence-electron chi connectivity index (χ1n) is 6.26. The third-order valence-electron chi connectivity index (χ3n) is 3.35. The lowest BCUT2D eigenvalue weighted by Crippen LogP contribution is -2.49. The van der Waals surface area contributed by atoms with E-state index in [-0.39, 0.29) is 0 Å². The number of rotatable bonds is 4. The summed E-state index contributed by atoms with van der Waals surface area (Å²) in [6, 6.07) is 1.40. The van der Waals surface area contributed by atoms with Crippen LogP contribution in [0.3, 0.4) is 0 Å². The van der Waals surface area contributed by atoms with Crippen molar-refractivity contribution in [2.45, 2.75) is 38.8 Å². The number of nitrogens with one attached hydrogen (secondary N) is 1. The first-order valence-corrected chi connectivity index (χ1v) is 6.26. The van der Waals surface area contributed by atoms with Crippen LogP contribution in [0.4, 0.5) is 0 Å². The summed E-state index contributed by atoms with van der Waals surface area (Å²) in [6.45, 7) is 9.38. The van der Waals surface area contributed by atoms with E-state index in [1.807, 2.05) is 0 Å². The molecule has 1 aliphatic heterocycles. The molecule has 0 bridgehead atoms. The lowest BCUT2D eigenvalue weighted by molar-refractivity contribution is 0.126. The van der Waals surface area contributed by atoms with Crippen molar-refractivity contribution in [1.82, 2.24) is 15.1 Å². The molecule has 0 aromatic heterocycles. The van der Waals surface area contributed by atoms with Gasteiger partial charge in [0.2, 0.25) is 0 Å². The van der Waals surface area contributed by atoms with Crippen LogP contribution in [0.25, 0.3) is 0 Å². The van der Waals surface area contributed by atoms with Crippen LogP contribution in [0.15, 0.2) is 0 Å². The van der Waals surface area contributed by atoms with E-state index in [2.05, 4.69) is 43.1 Å². The van der Waals surface area contributed by atoms with Gasteiger partial charge < -0.3 is 10.2 Å². The fourth-order valence-electron chi connectivity index (χ4n) is 2.36. The van der Waals surface area contributed by atoms with Crippen molar-refractivity contribution >= 4 is 0 Å². The maximum absolute atomic E-state index is 3.54. The second-order valence-corrected chi connectivity index (χ2v) is 4.97. The Balaban J connectivity index is 2.58. The molecule has 3 nitrogen and oxygen atoms in total. The van der Waals surface area contributed by atoms with E-state index in [1.54, 1.807) is 0 Å². The van der Waals surface area contributed by atoms with Crippen LogP contribution in [-0.4, -0.2) is 62.2 Å². The molecule has 1 rings (SSSR count). The number of hydrogen-bond acceptors (Lipinski definition) is 3. The van der Waals surface area contributed by atoms with E-state index in [0.717, 1.165) is 19.1 Å². The average Bonchev–Trinajstić information content (AvgIpc) is 2.41. The minimum absolute atomic E-state index is 0.678. The van der Waals surface area contributed by atoms with Crippen LogP contribution >= 0.6 is 0 Å². The van der Waals surface area contributed by atoms with Crippen molar-refractivity contribution in [3.63, 3.8) is 0 Å². The highest BCUT2D eigenvalue weighted by atomic mass is 15.2. The first kappa shape index (κ1) is 12.9. The van der Waals surface area contributed by atoms with Crippen molar-refractivity contribution < 1.29 is 0 Å². The molecular formula is C12H27N3. The monoisotopic (exact) mass is 213 g/mol. The zero-order chi connectivity index (χ0) is 11.3. The molecule has 0 aromatic carbocycles. The highest BCUT2D eigenvalue weighted by molar-refractivity contribution is 4.82. The van der Waals surface area contributed by atoms with Crippen LogP contribution in [0.2, 0.25) is 0 Å². The van der Waals surface area contributed by atoms with Gasteiger partial charge in [-0.15, -0.1) is 0 Å². The van der Waals surface area contributed by atoms with Crippen molar-refractivity contribution in [2.24, 2.45) is 0 Å². The molecule has 1 fully saturated rings. The molecule has 90 valence electrons. The Morgan fingerprint density at radius 1 is 1.47 bits per heavy atom. The summed E-state index contributed by atoms with van der Waals surface area (Å²) >= 11 is 0. The Hall–Kier alpha value is -0.120. The summed E-state index contributed by atoms with van der Waals surface area (Å²) in [5.41, 5.74) is 0. The average molecular weight is 213 g/mol. The number of hydrogen-bond donors (Lipinski definition) is 1. The van der Waals surface area contributed by atoms with E-state index >= 15 is 0 Å². The lowest BCUT2D eigenvalue weighted by atomic mass is 10.1. The molecule has 0 saturated carbocycles. The van der Waals surface area contributed by atoms with Gasteiger partial charge in [-0.3, -0.25) is 4.90 Å². The zero-order valence-electron chi connectivity index (χ0n) is 10.8. The van der Waals surface area contributed by atoms with Crippen LogP contribution < -0.4 is 5.32 Å². The van der Waals surface area contributed by atoms with Crippen LogP contribution in [0.1, 0.15) is 26.7 Å². The standard InChI is InChI=1S/C12H27N3/c1-5-11(2)15-8-6-7-13-9-12(15)10-14(3)4/h11-13H,5-10H2,1-4H3. The summed E-state index contributed by atoms with van der Waals surface area (Å²) in [4.78, 5) is 4.98. The molecule has 3 heteroatoms. The Labute approximate surface area is 94.8 Å². The predicted octanol–water partition coefficient (Wildman–Crippen LogP) is 1.01. The molecule has 1 N–H and O–H groups in total. The van der Waals surface area contributed by atoms with Gasteiger partial charge in [0, 0.05) is 31.7 Å². The van der Waals surface area contributed by atoms with E-state index in [0.29, 0.717) is 6.04 Å². The van der Waals surface area contributed by atoms with E-state index in [1.165, 1.54) is 25.9 Å². The predicted molar refractivity (Wildman–Crippen MR) is 66.3 cm³/mol.